The second-order valence-corrected chi connectivity index (χ2v) is 7.42. The van der Waals surface area contributed by atoms with E-state index in [9.17, 15) is 9.59 Å². The normalized spacial score (nSPS) is 10.7. The van der Waals surface area contributed by atoms with E-state index < -0.39 is 0 Å². The van der Waals surface area contributed by atoms with Gasteiger partial charge in [0.2, 0.25) is 11.8 Å². The molecule has 0 saturated heterocycles. The highest BCUT2D eigenvalue weighted by atomic mass is 16.5. The van der Waals surface area contributed by atoms with Crippen LogP contribution < -0.4 is 10.6 Å². The third kappa shape index (κ3) is 7.99. The molecular formula is C29H30N2O3. The minimum absolute atomic E-state index is 0.0424. The number of aryl methyl sites for hydroxylation is 1. The Balaban J connectivity index is 0.00000199. The van der Waals surface area contributed by atoms with Gasteiger partial charge in [-0.25, -0.2) is 0 Å². The average Bonchev–Trinajstić information content (AvgIpc) is 2.90. The summed E-state index contributed by atoms with van der Waals surface area (Å²) >= 11 is 0. The molecule has 2 amide bonds. The van der Waals surface area contributed by atoms with Crippen molar-refractivity contribution in [1.82, 2.24) is 5.32 Å². The Morgan fingerprint density at radius 1 is 0.824 bits per heavy atom. The van der Waals surface area contributed by atoms with Gasteiger partial charge in [-0.3, -0.25) is 9.59 Å². The van der Waals surface area contributed by atoms with Crippen LogP contribution in [0.3, 0.4) is 0 Å². The number of terminal acetylenes is 1. The lowest BCUT2D eigenvalue weighted by molar-refractivity contribution is -0.117. The van der Waals surface area contributed by atoms with Crippen LogP contribution in [0.2, 0.25) is 0 Å². The van der Waals surface area contributed by atoms with Gasteiger partial charge in [0.15, 0.2) is 0 Å². The standard InChI is InChI=1S/C27H28N2O3.C2H2/c1-20(27(31)28-2)26(32-19-22-11-7-4-8-12-22)23-14-16-24(17-15-23)29-25(30)18-13-21-9-5-3-6-10-21;1-2/h3-12,14-17H,13,18-19H2,1-2H3,(H,28,31)(H,29,30);1-2H/b26-20+;. The first-order chi connectivity index (χ1) is 16.6. The van der Waals surface area contributed by atoms with E-state index in [4.69, 9.17) is 4.74 Å². The van der Waals surface area contributed by atoms with Gasteiger partial charge in [-0.1, -0.05) is 60.7 Å². The first-order valence-electron chi connectivity index (χ1n) is 10.9. The molecule has 5 heteroatoms. The van der Waals surface area contributed by atoms with Crippen LogP contribution in [0.1, 0.15) is 30.0 Å². The maximum atomic E-state index is 12.3. The molecule has 5 nitrogen and oxygen atoms in total. The van der Waals surface area contributed by atoms with E-state index in [1.165, 1.54) is 0 Å². The van der Waals surface area contributed by atoms with Crippen molar-refractivity contribution in [3.63, 3.8) is 0 Å². The van der Waals surface area contributed by atoms with Crippen molar-refractivity contribution in [3.8, 4) is 12.8 Å². The lowest BCUT2D eigenvalue weighted by Crippen LogP contribution is -2.20. The van der Waals surface area contributed by atoms with E-state index in [2.05, 4.69) is 23.5 Å². The maximum absolute atomic E-state index is 12.3. The van der Waals surface area contributed by atoms with E-state index in [0.717, 1.165) is 16.7 Å². The molecule has 3 aromatic rings. The molecule has 0 aliphatic carbocycles. The topological polar surface area (TPSA) is 67.4 Å². The molecule has 0 aliphatic rings. The highest BCUT2D eigenvalue weighted by molar-refractivity contribution is 5.99. The predicted octanol–water partition coefficient (Wildman–Crippen LogP) is 5.20. The summed E-state index contributed by atoms with van der Waals surface area (Å²) in [4.78, 5) is 24.5. The number of rotatable bonds is 9. The Bertz CT molecular complexity index is 1100. The monoisotopic (exact) mass is 454 g/mol. The lowest BCUT2D eigenvalue weighted by atomic mass is 10.1. The number of carbonyl (C=O) groups is 2. The number of amides is 2. The van der Waals surface area contributed by atoms with E-state index in [0.29, 0.717) is 36.5 Å². The number of hydrogen-bond donors (Lipinski definition) is 2. The fraction of sp³-hybridized carbons (Fsp3) is 0.172. The molecular weight excluding hydrogens is 424 g/mol. The molecule has 3 rings (SSSR count). The number of carbonyl (C=O) groups excluding carboxylic acids is 2. The van der Waals surface area contributed by atoms with Gasteiger partial charge in [0.25, 0.3) is 0 Å². The molecule has 0 aromatic heterocycles. The van der Waals surface area contributed by atoms with E-state index in [1.54, 1.807) is 14.0 Å². The van der Waals surface area contributed by atoms with Crippen molar-refractivity contribution in [2.45, 2.75) is 26.4 Å². The van der Waals surface area contributed by atoms with Crippen LogP contribution in [0.4, 0.5) is 5.69 Å². The number of ether oxygens (including phenoxy) is 1. The summed E-state index contributed by atoms with van der Waals surface area (Å²) in [5.74, 6) is 0.265. The van der Waals surface area contributed by atoms with Crippen LogP contribution in [-0.2, 0) is 27.4 Å². The van der Waals surface area contributed by atoms with Gasteiger partial charge >= 0.3 is 0 Å². The Hall–Kier alpha value is -4.30. The summed E-state index contributed by atoms with van der Waals surface area (Å²) in [7, 11) is 1.59. The smallest absolute Gasteiger partial charge is 0.250 e. The van der Waals surface area contributed by atoms with E-state index >= 15 is 0 Å². The van der Waals surface area contributed by atoms with Crippen LogP contribution in [0.25, 0.3) is 5.76 Å². The van der Waals surface area contributed by atoms with Gasteiger partial charge < -0.3 is 15.4 Å². The number of benzene rings is 3. The molecule has 0 fully saturated rings. The molecule has 0 aliphatic heterocycles. The number of nitrogens with one attached hydrogen (secondary N) is 2. The second kappa shape index (κ2) is 14.0. The third-order valence-electron chi connectivity index (χ3n) is 5.05. The van der Waals surface area contributed by atoms with Gasteiger partial charge in [-0.2, -0.15) is 0 Å². The van der Waals surface area contributed by atoms with Crippen molar-refractivity contribution < 1.29 is 14.3 Å². The summed E-state index contributed by atoms with van der Waals surface area (Å²) in [5, 5.41) is 5.57. The Kier molecular flexibility index (Phi) is 10.7. The highest BCUT2D eigenvalue weighted by Gasteiger charge is 2.14. The minimum atomic E-state index is -0.202. The molecule has 0 atom stereocenters. The predicted molar refractivity (Wildman–Crippen MR) is 138 cm³/mol. The van der Waals surface area contributed by atoms with Crippen LogP contribution in [0.15, 0.2) is 90.5 Å². The molecule has 0 heterocycles. The highest BCUT2D eigenvalue weighted by Crippen LogP contribution is 2.24. The fourth-order valence-corrected chi connectivity index (χ4v) is 3.26. The van der Waals surface area contributed by atoms with E-state index in [1.807, 2.05) is 84.9 Å². The lowest BCUT2D eigenvalue weighted by Gasteiger charge is -2.15. The van der Waals surface area contributed by atoms with Gasteiger partial charge in [-0.15, -0.1) is 12.8 Å². The zero-order chi connectivity index (χ0) is 24.8. The number of likely N-dealkylation sites (N-methyl/N-ethyl adjacent to an activating group) is 1. The number of anilines is 1. The van der Waals surface area contributed by atoms with Gasteiger partial charge in [0.05, 0.1) is 5.57 Å². The molecule has 2 N–H and O–H groups in total. The molecule has 3 aromatic carbocycles. The zero-order valence-corrected chi connectivity index (χ0v) is 19.6. The SMILES string of the molecule is C#C.CNC(=O)/C(C)=C(/OCc1ccccc1)c1ccc(NC(=O)CCc2ccccc2)cc1. The largest absolute Gasteiger partial charge is 0.488 e. The zero-order valence-electron chi connectivity index (χ0n) is 19.6. The van der Waals surface area contributed by atoms with Crippen molar-refractivity contribution in [1.29, 1.82) is 0 Å². The summed E-state index contributed by atoms with van der Waals surface area (Å²) in [6, 6.07) is 27.0. The van der Waals surface area contributed by atoms with Crippen molar-refractivity contribution in [3.05, 3.63) is 107 Å². The van der Waals surface area contributed by atoms with Crippen molar-refractivity contribution >= 4 is 23.3 Å². The van der Waals surface area contributed by atoms with Crippen LogP contribution in [-0.4, -0.2) is 18.9 Å². The maximum Gasteiger partial charge on any atom is 0.250 e. The first kappa shape index (κ1) is 26.0. The summed E-state index contributed by atoms with van der Waals surface area (Å²) in [5.41, 5.74) is 4.10. The minimum Gasteiger partial charge on any atom is -0.488 e. The molecule has 0 saturated carbocycles. The van der Waals surface area contributed by atoms with Crippen LogP contribution >= 0.6 is 0 Å². The number of hydrogen-bond acceptors (Lipinski definition) is 3. The Morgan fingerprint density at radius 2 is 1.38 bits per heavy atom. The third-order valence-corrected chi connectivity index (χ3v) is 5.05. The van der Waals surface area contributed by atoms with E-state index in [-0.39, 0.29) is 11.8 Å². The van der Waals surface area contributed by atoms with Gasteiger partial charge in [0, 0.05) is 24.7 Å². The Morgan fingerprint density at radius 3 is 1.94 bits per heavy atom. The first-order valence-corrected chi connectivity index (χ1v) is 10.9. The van der Waals surface area contributed by atoms with Crippen LogP contribution in [0.5, 0.6) is 0 Å². The molecule has 0 bridgehead atoms. The van der Waals surface area contributed by atoms with Gasteiger partial charge in [-0.05, 0) is 48.7 Å². The molecule has 0 unspecified atom stereocenters. The van der Waals surface area contributed by atoms with Gasteiger partial charge in [0.1, 0.15) is 12.4 Å². The van der Waals surface area contributed by atoms with Crippen LogP contribution in [0, 0.1) is 12.8 Å². The van der Waals surface area contributed by atoms with Crippen molar-refractivity contribution in [2.75, 3.05) is 12.4 Å². The molecule has 0 radical (unpaired) electrons. The summed E-state index contributed by atoms with van der Waals surface area (Å²) < 4.78 is 6.04. The average molecular weight is 455 g/mol. The fourth-order valence-electron chi connectivity index (χ4n) is 3.26. The molecule has 174 valence electrons. The summed E-state index contributed by atoms with van der Waals surface area (Å²) in [6.45, 7) is 2.08. The Labute approximate surface area is 201 Å². The molecule has 34 heavy (non-hydrogen) atoms. The quantitative estimate of drug-likeness (QED) is 0.265. The molecule has 0 spiro atoms. The second-order valence-electron chi connectivity index (χ2n) is 7.42. The van der Waals surface area contributed by atoms with Crippen molar-refractivity contribution in [2.24, 2.45) is 0 Å². The summed E-state index contributed by atoms with van der Waals surface area (Å²) in [6.07, 6.45) is 9.10.